The summed E-state index contributed by atoms with van der Waals surface area (Å²) in [6.45, 7) is 2.00. The number of ether oxygens (including phenoxy) is 2. The summed E-state index contributed by atoms with van der Waals surface area (Å²) < 4.78 is 11.1. The first kappa shape index (κ1) is 21.8. The topological polar surface area (TPSA) is 105 Å². The van der Waals surface area contributed by atoms with Crippen LogP contribution < -0.4 is 5.32 Å². The zero-order chi connectivity index (χ0) is 22.7. The monoisotopic (exact) mass is 438 g/mol. The van der Waals surface area contributed by atoms with Crippen molar-refractivity contribution in [3.05, 3.63) is 59.7 Å². The predicted molar refractivity (Wildman–Crippen MR) is 116 cm³/mol. The summed E-state index contributed by atoms with van der Waals surface area (Å²) in [4.78, 5) is 37.5. The molecule has 2 amide bonds. The minimum Gasteiger partial charge on any atom is -0.480 e. The number of rotatable bonds is 7. The minimum absolute atomic E-state index is 0.0587. The Labute approximate surface area is 186 Å². The molecule has 1 aliphatic heterocycles. The van der Waals surface area contributed by atoms with Crippen molar-refractivity contribution in [2.45, 2.75) is 31.4 Å². The van der Waals surface area contributed by atoms with Gasteiger partial charge in [0.1, 0.15) is 13.2 Å². The van der Waals surface area contributed by atoms with E-state index in [4.69, 9.17) is 14.6 Å². The molecule has 8 heteroatoms. The minimum atomic E-state index is -1.10. The van der Waals surface area contributed by atoms with E-state index in [1.807, 2.05) is 36.4 Å². The molecule has 1 aliphatic carbocycles. The molecule has 1 fully saturated rings. The fourth-order valence-corrected chi connectivity index (χ4v) is 4.46. The molecule has 8 nitrogen and oxygen atoms in total. The van der Waals surface area contributed by atoms with E-state index in [0.29, 0.717) is 13.0 Å². The summed E-state index contributed by atoms with van der Waals surface area (Å²) in [5.41, 5.74) is 4.52. The average Bonchev–Trinajstić information content (AvgIpc) is 3.38. The van der Waals surface area contributed by atoms with E-state index in [0.717, 1.165) is 22.3 Å². The van der Waals surface area contributed by atoms with Gasteiger partial charge in [0.05, 0.1) is 6.04 Å². The highest BCUT2D eigenvalue weighted by atomic mass is 16.6. The number of nitrogens with one attached hydrogen (secondary N) is 1. The van der Waals surface area contributed by atoms with Gasteiger partial charge < -0.3 is 24.8 Å². The van der Waals surface area contributed by atoms with E-state index >= 15 is 0 Å². The highest BCUT2D eigenvalue weighted by molar-refractivity contribution is 5.86. The maximum atomic E-state index is 12.7. The van der Waals surface area contributed by atoms with E-state index in [9.17, 15) is 14.4 Å². The standard InChI is InChI=1S/C24H26N2O6/c1-2-26(13-21(27)28)23(29)22-20(11-12-31-22)25-24(30)32-14-19-17-9-5-3-7-15(17)16-8-4-6-10-18(16)19/h3-10,19-20,22H,2,11-14H2,1H3,(H,25,30)(H,27,28). The van der Waals surface area contributed by atoms with Gasteiger partial charge in [0.15, 0.2) is 6.10 Å². The third-order valence-electron chi connectivity index (χ3n) is 6.00. The SMILES string of the molecule is CCN(CC(=O)O)C(=O)C1OCCC1NC(=O)OCC1c2ccccc2-c2ccccc21. The van der Waals surface area contributed by atoms with Gasteiger partial charge in [-0.2, -0.15) is 0 Å². The van der Waals surface area contributed by atoms with Crippen molar-refractivity contribution in [3.8, 4) is 11.1 Å². The molecular weight excluding hydrogens is 412 g/mol. The molecule has 0 spiro atoms. The number of hydrogen-bond acceptors (Lipinski definition) is 5. The Bertz CT molecular complexity index is 978. The van der Waals surface area contributed by atoms with Crippen LogP contribution in [0.5, 0.6) is 0 Å². The van der Waals surface area contributed by atoms with Gasteiger partial charge in [-0.05, 0) is 35.6 Å². The number of nitrogens with zero attached hydrogens (tertiary/aromatic N) is 1. The molecule has 1 heterocycles. The summed E-state index contributed by atoms with van der Waals surface area (Å²) >= 11 is 0. The van der Waals surface area contributed by atoms with Gasteiger partial charge in [-0.15, -0.1) is 0 Å². The van der Waals surface area contributed by atoms with Crippen LogP contribution in [0.1, 0.15) is 30.4 Å². The maximum Gasteiger partial charge on any atom is 0.407 e. The lowest BCUT2D eigenvalue weighted by Gasteiger charge is -2.25. The quantitative estimate of drug-likeness (QED) is 0.689. The fraction of sp³-hybridized carbons (Fsp3) is 0.375. The molecule has 168 valence electrons. The van der Waals surface area contributed by atoms with Crippen molar-refractivity contribution in [2.24, 2.45) is 0 Å². The van der Waals surface area contributed by atoms with Crippen LogP contribution in [0.2, 0.25) is 0 Å². The average molecular weight is 438 g/mol. The second-order valence-corrected chi connectivity index (χ2v) is 7.90. The number of carboxylic acid groups (broad SMARTS) is 1. The number of amides is 2. The molecule has 0 radical (unpaired) electrons. The number of carboxylic acids is 1. The summed E-state index contributed by atoms with van der Waals surface area (Å²) in [7, 11) is 0. The largest absolute Gasteiger partial charge is 0.480 e. The lowest BCUT2D eigenvalue weighted by Crippen LogP contribution is -2.50. The van der Waals surface area contributed by atoms with Crippen LogP contribution in [0.25, 0.3) is 11.1 Å². The number of alkyl carbamates (subject to hydrolysis) is 1. The number of hydrogen-bond donors (Lipinski definition) is 2. The number of carbonyl (C=O) groups is 3. The second kappa shape index (κ2) is 9.40. The van der Waals surface area contributed by atoms with Crippen molar-refractivity contribution in [1.29, 1.82) is 0 Å². The Kier molecular flexibility index (Phi) is 6.41. The summed E-state index contributed by atoms with van der Waals surface area (Å²) in [6.07, 6.45) is -1.10. The van der Waals surface area contributed by atoms with Gasteiger partial charge in [0, 0.05) is 19.1 Å². The van der Waals surface area contributed by atoms with E-state index in [-0.39, 0.29) is 19.1 Å². The van der Waals surface area contributed by atoms with Crippen molar-refractivity contribution in [1.82, 2.24) is 10.2 Å². The highest BCUT2D eigenvalue weighted by Gasteiger charge is 2.38. The van der Waals surface area contributed by atoms with Gasteiger partial charge in [-0.25, -0.2) is 4.79 Å². The molecule has 2 unspecified atom stereocenters. The van der Waals surface area contributed by atoms with Crippen LogP contribution in [0.4, 0.5) is 4.79 Å². The van der Waals surface area contributed by atoms with Gasteiger partial charge in [0.25, 0.3) is 5.91 Å². The number of aliphatic carboxylic acids is 1. The smallest absolute Gasteiger partial charge is 0.407 e. The molecule has 4 rings (SSSR count). The molecule has 0 bridgehead atoms. The molecule has 2 aromatic rings. The molecular formula is C24H26N2O6. The fourth-order valence-electron chi connectivity index (χ4n) is 4.46. The van der Waals surface area contributed by atoms with E-state index in [1.54, 1.807) is 6.92 Å². The van der Waals surface area contributed by atoms with Crippen LogP contribution >= 0.6 is 0 Å². The highest BCUT2D eigenvalue weighted by Crippen LogP contribution is 2.44. The molecule has 2 aromatic carbocycles. The normalized spacial score (nSPS) is 19.2. The molecule has 0 aromatic heterocycles. The van der Waals surface area contributed by atoms with Crippen LogP contribution in [0.3, 0.4) is 0 Å². The van der Waals surface area contributed by atoms with Crippen molar-refractivity contribution in [3.63, 3.8) is 0 Å². The Balaban J connectivity index is 1.39. The summed E-state index contributed by atoms with van der Waals surface area (Å²) in [6, 6.07) is 15.6. The van der Waals surface area contributed by atoms with Crippen LogP contribution in [-0.4, -0.2) is 66.4 Å². The molecule has 32 heavy (non-hydrogen) atoms. The lowest BCUT2D eigenvalue weighted by atomic mass is 9.98. The lowest BCUT2D eigenvalue weighted by molar-refractivity contribution is -0.149. The molecule has 1 saturated heterocycles. The Morgan fingerprint density at radius 3 is 2.31 bits per heavy atom. The molecule has 0 saturated carbocycles. The number of fused-ring (bicyclic) bond motifs is 3. The van der Waals surface area contributed by atoms with Gasteiger partial charge in [-0.3, -0.25) is 9.59 Å². The van der Waals surface area contributed by atoms with E-state index in [1.165, 1.54) is 4.90 Å². The van der Waals surface area contributed by atoms with Crippen LogP contribution in [0, 0.1) is 0 Å². The molecule has 2 aliphatic rings. The number of likely N-dealkylation sites (N-methyl/N-ethyl adjacent to an activating group) is 1. The third-order valence-corrected chi connectivity index (χ3v) is 6.00. The zero-order valence-electron chi connectivity index (χ0n) is 17.8. The van der Waals surface area contributed by atoms with Crippen molar-refractivity contribution in [2.75, 3.05) is 26.3 Å². The number of carbonyl (C=O) groups excluding carboxylic acids is 2. The summed E-state index contributed by atoms with van der Waals surface area (Å²) in [5.74, 6) is -1.60. The van der Waals surface area contributed by atoms with Crippen molar-refractivity contribution >= 4 is 18.0 Å². The summed E-state index contributed by atoms with van der Waals surface area (Å²) in [5, 5.41) is 11.7. The number of benzene rings is 2. The van der Waals surface area contributed by atoms with Crippen LogP contribution in [0.15, 0.2) is 48.5 Å². The maximum absolute atomic E-state index is 12.7. The zero-order valence-corrected chi connectivity index (χ0v) is 17.8. The van der Waals surface area contributed by atoms with Gasteiger partial charge in [-0.1, -0.05) is 48.5 Å². The molecule has 2 atom stereocenters. The van der Waals surface area contributed by atoms with Crippen molar-refractivity contribution < 1.29 is 29.0 Å². The first-order chi connectivity index (χ1) is 15.5. The van der Waals surface area contributed by atoms with Crippen LogP contribution in [-0.2, 0) is 19.1 Å². The Hall–Kier alpha value is -3.39. The van der Waals surface area contributed by atoms with E-state index in [2.05, 4.69) is 17.4 Å². The predicted octanol–water partition coefficient (Wildman–Crippen LogP) is 2.62. The van der Waals surface area contributed by atoms with Gasteiger partial charge in [0.2, 0.25) is 0 Å². The first-order valence-electron chi connectivity index (χ1n) is 10.7. The van der Waals surface area contributed by atoms with Gasteiger partial charge >= 0.3 is 12.1 Å². The third kappa shape index (κ3) is 4.31. The Morgan fingerprint density at radius 1 is 1.09 bits per heavy atom. The van der Waals surface area contributed by atoms with E-state index < -0.39 is 36.7 Å². The first-order valence-corrected chi connectivity index (χ1v) is 10.7. The Morgan fingerprint density at radius 2 is 1.72 bits per heavy atom. The molecule has 2 N–H and O–H groups in total. The second-order valence-electron chi connectivity index (χ2n) is 7.90.